The van der Waals surface area contributed by atoms with Crippen LogP contribution < -0.4 is 10.1 Å². The molecule has 2 amide bonds. The molecule has 3 rings (SSSR count). The molecule has 0 radical (unpaired) electrons. The average Bonchev–Trinajstić information content (AvgIpc) is 2.72. The van der Waals surface area contributed by atoms with Crippen LogP contribution in [0.25, 0.3) is 0 Å². The number of hydrogen-bond acceptors (Lipinski definition) is 4. The van der Waals surface area contributed by atoms with Crippen molar-refractivity contribution in [2.75, 3.05) is 38.2 Å². The van der Waals surface area contributed by atoms with Crippen LogP contribution in [0.1, 0.15) is 33.5 Å². The lowest BCUT2D eigenvalue weighted by atomic mass is 10.0. The van der Waals surface area contributed by atoms with Gasteiger partial charge in [0.15, 0.2) is 0 Å². The number of morpholine rings is 1. The number of nitrogens with zero attached hydrogens (tertiary/aromatic N) is 1. The summed E-state index contributed by atoms with van der Waals surface area (Å²) < 4.78 is 11.0. The Morgan fingerprint density at radius 3 is 2.55 bits per heavy atom. The Kier molecular flexibility index (Phi) is 6.88. The Hall–Kier alpha value is -2.86. The zero-order valence-corrected chi connectivity index (χ0v) is 17.3. The minimum atomic E-state index is -0.145. The molecule has 1 heterocycles. The van der Waals surface area contributed by atoms with E-state index >= 15 is 0 Å². The van der Waals surface area contributed by atoms with Crippen LogP contribution in [0.2, 0.25) is 0 Å². The fraction of sp³-hybridized carbons (Fsp3) is 0.391. The second-order valence-electron chi connectivity index (χ2n) is 7.28. The lowest BCUT2D eigenvalue weighted by Gasteiger charge is -2.27. The number of carbonyl (C=O) groups is 2. The predicted molar refractivity (Wildman–Crippen MR) is 113 cm³/mol. The highest BCUT2D eigenvalue weighted by molar-refractivity contribution is 5.99. The molecule has 0 saturated carbocycles. The SMILES string of the molecule is Cc1ccc(OCCC(=O)Nc2cccc(C(=O)N3CCOCC3)c2C)cc1C. The number of benzene rings is 2. The van der Waals surface area contributed by atoms with Crippen molar-refractivity contribution in [2.45, 2.75) is 27.2 Å². The average molecular weight is 396 g/mol. The summed E-state index contributed by atoms with van der Waals surface area (Å²) in [5.74, 6) is 0.586. The van der Waals surface area contributed by atoms with E-state index in [9.17, 15) is 9.59 Å². The van der Waals surface area contributed by atoms with Gasteiger partial charge in [-0.3, -0.25) is 9.59 Å². The van der Waals surface area contributed by atoms with Crippen LogP contribution in [-0.4, -0.2) is 49.6 Å². The van der Waals surface area contributed by atoms with Crippen LogP contribution in [0.15, 0.2) is 36.4 Å². The zero-order valence-electron chi connectivity index (χ0n) is 17.3. The van der Waals surface area contributed by atoms with Gasteiger partial charge in [-0.05, 0) is 61.7 Å². The molecule has 1 aliphatic rings. The van der Waals surface area contributed by atoms with Gasteiger partial charge in [0.2, 0.25) is 5.91 Å². The quantitative estimate of drug-likeness (QED) is 0.812. The van der Waals surface area contributed by atoms with Crippen molar-refractivity contribution in [1.82, 2.24) is 4.90 Å². The van der Waals surface area contributed by atoms with Crippen molar-refractivity contribution < 1.29 is 19.1 Å². The highest BCUT2D eigenvalue weighted by Crippen LogP contribution is 2.21. The monoisotopic (exact) mass is 396 g/mol. The first kappa shape index (κ1) is 20.9. The number of amides is 2. The third kappa shape index (κ3) is 5.35. The minimum absolute atomic E-state index is 0.0278. The minimum Gasteiger partial charge on any atom is -0.493 e. The number of carbonyl (C=O) groups excluding carboxylic acids is 2. The fourth-order valence-corrected chi connectivity index (χ4v) is 3.22. The van der Waals surface area contributed by atoms with Crippen LogP contribution in [-0.2, 0) is 9.53 Å². The summed E-state index contributed by atoms with van der Waals surface area (Å²) in [6, 6.07) is 11.3. The molecule has 0 bridgehead atoms. The third-order valence-electron chi connectivity index (χ3n) is 5.21. The van der Waals surface area contributed by atoms with Gasteiger partial charge < -0.3 is 19.7 Å². The lowest BCUT2D eigenvalue weighted by Crippen LogP contribution is -2.41. The molecule has 2 aromatic rings. The second kappa shape index (κ2) is 9.56. The van der Waals surface area contributed by atoms with Gasteiger partial charge in [-0.25, -0.2) is 0 Å². The molecule has 1 saturated heterocycles. The highest BCUT2D eigenvalue weighted by atomic mass is 16.5. The van der Waals surface area contributed by atoms with E-state index in [2.05, 4.69) is 5.32 Å². The van der Waals surface area contributed by atoms with Crippen molar-refractivity contribution in [3.63, 3.8) is 0 Å². The van der Waals surface area contributed by atoms with Crippen LogP contribution in [0, 0.1) is 20.8 Å². The van der Waals surface area contributed by atoms with E-state index < -0.39 is 0 Å². The number of ether oxygens (including phenoxy) is 2. The van der Waals surface area contributed by atoms with Crippen molar-refractivity contribution in [2.24, 2.45) is 0 Å². The second-order valence-corrected chi connectivity index (χ2v) is 7.28. The van der Waals surface area contributed by atoms with Crippen LogP contribution >= 0.6 is 0 Å². The van der Waals surface area contributed by atoms with E-state index in [1.165, 1.54) is 5.56 Å². The Balaban J connectivity index is 1.57. The van der Waals surface area contributed by atoms with Crippen LogP contribution in [0.5, 0.6) is 5.75 Å². The summed E-state index contributed by atoms with van der Waals surface area (Å²) in [4.78, 5) is 26.9. The summed E-state index contributed by atoms with van der Waals surface area (Å²) in [6.07, 6.45) is 0.230. The molecule has 0 aromatic heterocycles. The van der Waals surface area contributed by atoms with Crippen molar-refractivity contribution in [1.29, 1.82) is 0 Å². The van der Waals surface area contributed by atoms with Crippen molar-refractivity contribution >= 4 is 17.5 Å². The van der Waals surface area contributed by atoms with E-state index in [-0.39, 0.29) is 18.2 Å². The number of anilines is 1. The van der Waals surface area contributed by atoms with Crippen molar-refractivity contribution in [3.8, 4) is 5.75 Å². The van der Waals surface area contributed by atoms with E-state index in [0.717, 1.165) is 16.9 Å². The molecule has 1 N–H and O–H groups in total. The first-order chi connectivity index (χ1) is 14.0. The fourth-order valence-electron chi connectivity index (χ4n) is 3.22. The number of aryl methyl sites for hydroxylation is 2. The van der Waals surface area contributed by atoms with Gasteiger partial charge in [-0.1, -0.05) is 12.1 Å². The van der Waals surface area contributed by atoms with Crippen LogP contribution in [0.3, 0.4) is 0 Å². The first-order valence-electron chi connectivity index (χ1n) is 9.92. The largest absolute Gasteiger partial charge is 0.493 e. The van der Waals surface area contributed by atoms with E-state index in [1.807, 2.05) is 45.0 Å². The number of nitrogens with one attached hydrogen (secondary N) is 1. The summed E-state index contributed by atoms with van der Waals surface area (Å²) in [5.41, 5.74) is 4.39. The van der Waals surface area contributed by atoms with Gasteiger partial charge in [-0.15, -0.1) is 0 Å². The molecule has 29 heavy (non-hydrogen) atoms. The lowest BCUT2D eigenvalue weighted by molar-refractivity contribution is -0.116. The molecule has 1 fully saturated rings. The number of rotatable bonds is 6. The first-order valence-corrected chi connectivity index (χ1v) is 9.92. The third-order valence-corrected chi connectivity index (χ3v) is 5.21. The molecular formula is C23H28N2O4. The summed E-state index contributed by atoms with van der Waals surface area (Å²) in [6.45, 7) is 8.52. The maximum atomic E-state index is 12.8. The van der Waals surface area contributed by atoms with Crippen molar-refractivity contribution in [3.05, 3.63) is 58.7 Å². The molecule has 154 valence electrons. The summed E-state index contributed by atoms with van der Waals surface area (Å²) in [5, 5.41) is 2.90. The van der Waals surface area contributed by atoms with Gasteiger partial charge in [-0.2, -0.15) is 0 Å². The van der Waals surface area contributed by atoms with Gasteiger partial charge in [0, 0.05) is 24.3 Å². The maximum Gasteiger partial charge on any atom is 0.254 e. The Labute approximate surface area is 171 Å². The van der Waals surface area contributed by atoms with Gasteiger partial charge >= 0.3 is 0 Å². The molecule has 1 aliphatic heterocycles. The molecule has 0 unspecified atom stereocenters. The van der Waals surface area contributed by atoms with E-state index in [4.69, 9.17) is 9.47 Å². The summed E-state index contributed by atoms with van der Waals surface area (Å²) >= 11 is 0. The van der Waals surface area contributed by atoms with Crippen LogP contribution in [0.4, 0.5) is 5.69 Å². The predicted octanol–water partition coefficient (Wildman–Crippen LogP) is 3.49. The van der Waals surface area contributed by atoms with Gasteiger partial charge in [0.25, 0.3) is 5.91 Å². The molecule has 2 aromatic carbocycles. The molecular weight excluding hydrogens is 368 g/mol. The smallest absolute Gasteiger partial charge is 0.254 e. The van der Waals surface area contributed by atoms with Gasteiger partial charge in [0.1, 0.15) is 5.75 Å². The molecule has 0 spiro atoms. The molecule has 6 heteroatoms. The van der Waals surface area contributed by atoms with E-state index in [1.54, 1.807) is 17.0 Å². The molecule has 6 nitrogen and oxygen atoms in total. The topological polar surface area (TPSA) is 67.9 Å². The normalized spacial score (nSPS) is 13.8. The Morgan fingerprint density at radius 2 is 1.83 bits per heavy atom. The summed E-state index contributed by atoms with van der Waals surface area (Å²) in [7, 11) is 0. The van der Waals surface area contributed by atoms with Gasteiger partial charge in [0.05, 0.1) is 26.2 Å². The zero-order chi connectivity index (χ0) is 20.8. The Morgan fingerprint density at radius 1 is 1.07 bits per heavy atom. The highest BCUT2D eigenvalue weighted by Gasteiger charge is 2.21. The number of hydrogen-bond donors (Lipinski definition) is 1. The molecule has 0 aliphatic carbocycles. The Bertz CT molecular complexity index is 888. The maximum absolute atomic E-state index is 12.8. The standard InChI is InChI=1S/C23H28N2O4/c1-16-7-8-19(15-17(16)2)29-12-9-22(26)24-21-6-4-5-20(18(21)3)23(27)25-10-13-28-14-11-25/h4-8,15H,9-14H2,1-3H3,(H,24,26). The van der Waals surface area contributed by atoms with E-state index in [0.29, 0.717) is 44.2 Å². The molecule has 0 atom stereocenters.